The first-order chi connectivity index (χ1) is 10.7. The van der Waals surface area contributed by atoms with E-state index in [-0.39, 0.29) is 0 Å². The average Bonchev–Trinajstić information content (AvgIpc) is 2.59. The number of hydrogen-bond acceptors (Lipinski definition) is 4. The van der Waals surface area contributed by atoms with Crippen LogP contribution < -0.4 is 14.2 Å². The summed E-state index contributed by atoms with van der Waals surface area (Å²) in [6.45, 7) is 0. The molecule has 0 amide bonds. The summed E-state index contributed by atoms with van der Waals surface area (Å²) >= 11 is 0. The van der Waals surface area contributed by atoms with Gasteiger partial charge in [0.25, 0.3) is 0 Å². The van der Waals surface area contributed by atoms with E-state index in [9.17, 15) is 4.79 Å². The maximum atomic E-state index is 11.4. The molecule has 2 aromatic rings. The van der Waals surface area contributed by atoms with E-state index in [4.69, 9.17) is 14.2 Å². The predicted octanol–water partition coefficient (Wildman–Crippen LogP) is 3.45. The third-order valence-electron chi connectivity index (χ3n) is 3.26. The van der Waals surface area contributed by atoms with Crippen LogP contribution in [0.25, 0.3) is 11.6 Å². The number of carbonyl (C=O) groups is 1. The van der Waals surface area contributed by atoms with E-state index in [2.05, 4.69) is 0 Å². The van der Waals surface area contributed by atoms with E-state index in [1.807, 2.05) is 36.4 Å². The minimum atomic E-state index is 0.561. The molecule has 0 saturated carbocycles. The molecule has 4 nitrogen and oxygen atoms in total. The summed E-state index contributed by atoms with van der Waals surface area (Å²) in [4.78, 5) is 11.4. The highest BCUT2D eigenvalue weighted by Gasteiger charge is 2.06. The zero-order valence-electron chi connectivity index (χ0n) is 12.8. The van der Waals surface area contributed by atoms with Gasteiger partial charge in [-0.1, -0.05) is 18.2 Å². The molecule has 22 heavy (non-hydrogen) atoms. The van der Waals surface area contributed by atoms with E-state index in [1.165, 1.54) is 0 Å². The quantitative estimate of drug-likeness (QED) is 0.465. The monoisotopic (exact) mass is 298 g/mol. The van der Waals surface area contributed by atoms with Crippen molar-refractivity contribution in [3.8, 4) is 17.2 Å². The van der Waals surface area contributed by atoms with Crippen molar-refractivity contribution in [1.82, 2.24) is 0 Å². The van der Waals surface area contributed by atoms with E-state index < -0.39 is 0 Å². The van der Waals surface area contributed by atoms with Gasteiger partial charge in [0, 0.05) is 5.57 Å². The Labute approximate surface area is 129 Å². The van der Waals surface area contributed by atoms with Crippen LogP contribution in [0.4, 0.5) is 0 Å². The molecule has 0 heterocycles. The first-order valence-corrected chi connectivity index (χ1v) is 6.75. The lowest BCUT2D eigenvalue weighted by atomic mass is 10.0. The molecule has 4 heteroatoms. The van der Waals surface area contributed by atoms with Crippen LogP contribution in [0, 0.1) is 0 Å². The van der Waals surface area contributed by atoms with Gasteiger partial charge in [0.1, 0.15) is 5.75 Å². The lowest BCUT2D eigenvalue weighted by Gasteiger charge is -2.08. The first-order valence-electron chi connectivity index (χ1n) is 6.75. The van der Waals surface area contributed by atoms with Crippen LogP contribution >= 0.6 is 0 Å². The summed E-state index contributed by atoms with van der Waals surface area (Å²) in [6, 6.07) is 12.9. The molecule has 0 spiro atoms. The molecule has 0 radical (unpaired) electrons. The summed E-state index contributed by atoms with van der Waals surface area (Å²) in [5.74, 6) is 1.97. The zero-order valence-corrected chi connectivity index (χ0v) is 12.8. The van der Waals surface area contributed by atoms with E-state index >= 15 is 0 Å². The van der Waals surface area contributed by atoms with Gasteiger partial charge in [-0.3, -0.25) is 4.79 Å². The highest BCUT2D eigenvalue weighted by molar-refractivity contribution is 6.13. The molecule has 2 aromatic carbocycles. The van der Waals surface area contributed by atoms with Gasteiger partial charge in [-0.25, -0.2) is 0 Å². The maximum absolute atomic E-state index is 11.4. The number of hydrogen-bond donors (Lipinski definition) is 0. The maximum Gasteiger partial charge on any atom is 0.161 e. The molecule has 0 N–H and O–H groups in total. The number of ether oxygens (including phenoxy) is 3. The van der Waals surface area contributed by atoms with Crippen molar-refractivity contribution >= 4 is 17.9 Å². The van der Waals surface area contributed by atoms with Crippen molar-refractivity contribution in [3.05, 3.63) is 53.6 Å². The van der Waals surface area contributed by atoms with E-state index in [0.717, 1.165) is 17.4 Å². The molecule has 0 aliphatic rings. The van der Waals surface area contributed by atoms with Crippen LogP contribution in [-0.4, -0.2) is 27.6 Å². The molecule has 0 bridgehead atoms. The topological polar surface area (TPSA) is 44.8 Å². The zero-order chi connectivity index (χ0) is 15.9. The van der Waals surface area contributed by atoms with Gasteiger partial charge in [-0.2, -0.15) is 0 Å². The molecule has 0 unspecified atom stereocenters. The molecular formula is C18H18O4. The van der Waals surface area contributed by atoms with Gasteiger partial charge in [-0.15, -0.1) is 0 Å². The standard InChI is InChI=1S/C18H18O4/c1-20-16-6-4-5-14(11-16)15(12-19)9-13-7-8-17(21-2)18(10-13)22-3/h4-12H,1-3H3/b15-9-. The van der Waals surface area contributed by atoms with Crippen molar-refractivity contribution in [3.63, 3.8) is 0 Å². The van der Waals surface area contributed by atoms with Crippen LogP contribution in [0.2, 0.25) is 0 Å². The number of allylic oxidation sites excluding steroid dienone is 1. The van der Waals surface area contributed by atoms with E-state index in [0.29, 0.717) is 22.8 Å². The predicted molar refractivity (Wildman–Crippen MR) is 86.5 cm³/mol. The normalized spacial score (nSPS) is 11.0. The fourth-order valence-corrected chi connectivity index (χ4v) is 2.11. The Kier molecular flexibility index (Phi) is 5.20. The second-order valence-electron chi connectivity index (χ2n) is 4.56. The van der Waals surface area contributed by atoms with Crippen molar-refractivity contribution in [2.45, 2.75) is 0 Å². The summed E-state index contributed by atoms with van der Waals surface area (Å²) in [7, 11) is 4.76. The third kappa shape index (κ3) is 3.47. The molecule has 0 atom stereocenters. The van der Waals surface area contributed by atoms with Crippen molar-refractivity contribution in [2.24, 2.45) is 0 Å². The highest BCUT2D eigenvalue weighted by Crippen LogP contribution is 2.29. The fourth-order valence-electron chi connectivity index (χ4n) is 2.11. The summed E-state index contributed by atoms with van der Waals surface area (Å²) in [6.07, 6.45) is 2.62. The second-order valence-corrected chi connectivity index (χ2v) is 4.56. The van der Waals surface area contributed by atoms with Crippen molar-refractivity contribution in [1.29, 1.82) is 0 Å². The number of carbonyl (C=O) groups excluding carboxylic acids is 1. The Hall–Kier alpha value is -2.75. The Balaban J connectivity index is 2.42. The van der Waals surface area contributed by atoms with Crippen LogP contribution in [0.15, 0.2) is 42.5 Å². The fraction of sp³-hybridized carbons (Fsp3) is 0.167. The minimum Gasteiger partial charge on any atom is -0.497 e. The van der Waals surface area contributed by atoms with Gasteiger partial charge < -0.3 is 14.2 Å². The minimum absolute atomic E-state index is 0.561. The molecule has 0 aliphatic heterocycles. The van der Waals surface area contributed by atoms with Gasteiger partial charge in [0.05, 0.1) is 21.3 Å². The van der Waals surface area contributed by atoms with Crippen LogP contribution in [-0.2, 0) is 4.79 Å². The Bertz CT molecular complexity index is 689. The van der Waals surface area contributed by atoms with Gasteiger partial charge in [-0.05, 0) is 41.5 Å². The summed E-state index contributed by atoms with van der Waals surface area (Å²) in [5, 5.41) is 0. The molecule has 2 rings (SSSR count). The molecule has 114 valence electrons. The smallest absolute Gasteiger partial charge is 0.161 e. The van der Waals surface area contributed by atoms with Gasteiger partial charge in [0.2, 0.25) is 0 Å². The Morgan fingerprint density at radius 1 is 0.909 bits per heavy atom. The Morgan fingerprint density at radius 3 is 2.32 bits per heavy atom. The highest BCUT2D eigenvalue weighted by atomic mass is 16.5. The average molecular weight is 298 g/mol. The first kappa shape index (κ1) is 15.6. The molecular weight excluding hydrogens is 280 g/mol. The molecule has 0 aromatic heterocycles. The second kappa shape index (κ2) is 7.31. The number of aldehydes is 1. The molecule has 0 saturated heterocycles. The van der Waals surface area contributed by atoms with Crippen LogP contribution in [0.5, 0.6) is 17.2 Å². The summed E-state index contributed by atoms with van der Waals surface area (Å²) < 4.78 is 15.7. The lowest BCUT2D eigenvalue weighted by Crippen LogP contribution is -1.92. The molecule has 0 aliphatic carbocycles. The lowest BCUT2D eigenvalue weighted by molar-refractivity contribution is -0.103. The number of benzene rings is 2. The Morgan fingerprint density at radius 2 is 1.68 bits per heavy atom. The van der Waals surface area contributed by atoms with Crippen LogP contribution in [0.1, 0.15) is 11.1 Å². The van der Waals surface area contributed by atoms with E-state index in [1.54, 1.807) is 33.5 Å². The SMILES string of the molecule is COc1cccc(/C(C=O)=C\c2ccc(OC)c(OC)c2)c1. The third-order valence-corrected chi connectivity index (χ3v) is 3.26. The van der Waals surface area contributed by atoms with Crippen molar-refractivity contribution in [2.75, 3.05) is 21.3 Å². The van der Waals surface area contributed by atoms with Crippen LogP contribution in [0.3, 0.4) is 0 Å². The van der Waals surface area contributed by atoms with Gasteiger partial charge >= 0.3 is 0 Å². The van der Waals surface area contributed by atoms with Gasteiger partial charge in [0.15, 0.2) is 17.8 Å². The molecule has 0 fully saturated rings. The number of rotatable bonds is 6. The largest absolute Gasteiger partial charge is 0.497 e. The number of methoxy groups -OCH3 is 3. The van der Waals surface area contributed by atoms with Crippen molar-refractivity contribution < 1.29 is 19.0 Å². The summed E-state index contributed by atoms with van der Waals surface area (Å²) in [5.41, 5.74) is 2.21.